The number of aromatic nitrogens is 2. The van der Waals surface area contributed by atoms with Crippen LogP contribution in [0.5, 0.6) is 0 Å². The van der Waals surface area contributed by atoms with Crippen molar-refractivity contribution in [2.24, 2.45) is 0 Å². The summed E-state index contributed by atoms with van der Waals surface area (Å²) in [6, 6.07) is 2.20. The average Bonchev–Trinajstić information content (AvgIpc) is 2.34. The largest absolute Gasteiger partial charge is 0.282 e. The van der Waals surface area contributed by atoms with Gasteiger partial charge in [0.25, 0.3) is 6.43 Å². The first-order chi connectivity index (χ1) is 5.65. The molecule has 1 aromatic rings. The zero-order valence-electron chi connectivity index (χ0n) is 5.89. The molecule has 0 bridgehead atoms. The minimum Gasteiger partial charge on any atom is -0.241 e. The molecule has 1 radical (unpaired) electrons. The Hall–Kier alpha value is -1.08. The van der Waals surface area contributed by atoms with Gasteiger partial charge in [0.1, 0.15) is 17.4 Å². The normalized spacial score (nSPS) is 10.2. The predicted octanol–water partition coefficient (Wildman–Crippen LogP) is 1.91. The summed E-state index contributed by atoms with van der Waals surface area (Å²) in [7, 11) is 0. The van der Waals surface area contributed by atoms with E-state index < -0.39 is 12.1 Å². The molecule has 0 saturated carbocycles. The molecular formula is C7H4ClF2N2. The van der Waals surface area contributed by atoms with Crippen LogP contribution in [-0.4, -0.2) is 9.78 Å². The highest BCUT2D eigenvalue weighted by Crippen LogP contribution is 2.19. The zero-order chi connectivity index (χ0) is 9.14. The van der Waals surface area contributed by atoms with Crippen LogP contribution >= 0.6 is 11.6 Å². The maximum atomic E-state index is 12.0. The van der Waals surface area contributed by atoms with E-state index in [4.69, 9.17) is 18.0 Å². The van der Waals surface area contributed by atoms with Crippen LogP contribution in [0, 0.1) is 18.4 Å². The third-order valence-corrected chi connectivity index (χ3v) is 1.42. The highest BCUT2D eigenvalue weighted by Gasteiger charge is 2.14. The van der Waals surface area contributed by atoms with E-state index in [0.29, 0.717) is 0 Å². The average molecular weight is 190 g/mol. The molecule has 0 amide bonds. The van der Waals surface area contributed by atoms with Crippen molar-refractivity contribution in [2.45, 2.75) is 13.0 Å². The highest BCUT2D eigenvalue weighted by atomic mass is 35.5. The van der Waals surface area contributed by atoms with Crippen molar-refractivity contribution < 1.29 is 8.78 Å². The number of hydrogen-bond acceptors (Lipinski definition) is 1. The monoisotopic (exact) mass is 189 g/mol. The van der Waals surface area contributed by atoms with Crippen LogP contribution in [-0.2, 0) is 6.54 Å². The summed E-state index contributed by atoms with van der Waals surface area (Å²) >= 11 is 5.48. The lowest BCUT2D eigenvalue weighted by Crippen LogP contribution is -1.98. The Morgan fingerprint density at radius 3 is 2.83 bits per heavy atom. The van der Waals surface area contributed by atoms with Crippen molar-refractivity contribution in [1.29, 1.82) is 0 Å². The first-order valence-corrected chi connectivity index (χ1v) is 3.40. The third kappa shape index (κ3) is 1.74. The number of rotatable bonds is 2. The lowest BCUT2D eigenvalue weighted by molar-refractivity contribution is 0.145. The van der Waals surface area contributed by atoms with Gasteiger partial charge in [-0.05, 0) is 0 Å². The van der Waals surface area contributed by atoms with Crippen molar-refractivity contribution >= 4 is 11.6 Å². The summed E-state index contributed by atoms with van der Waals surface area (Å²) in [6.45, 7) is 0.0715. The van der Waals surface area contributed by atoms with Crippen molar-refractivity contribution in [3.8, 4) is 12.3 Å². The van der Waals surface area contributed by atoms with Crippen LogP contribution in [0.15, 0.2) is 0 Å². The fourth-order valence-electron chi connectivity index (χ4n) is 0.659. The second-order valence-corrected chi connectivity index (χ2v) is 2.32. The number of terminal acetylenes is 1. The summed E-state index contributed by atoms with van der Waals surface area (Å²) in [5.74, 6) is 2.23. The molecule has 63 valence electrons. The second-order valence-electron chi connectivity index (χ2n) is 1.96. The molecular weight excluding hydrogens is 186 g/mol. The fourth-order valence-corrected chi connectivity index (χ4v) is 0.853. The summed E-state index contributed by atoms with van der Waals surface area (Å²) in [5.41, 5.74) is -0.477. The predicted molar refractivity (Wildman–Crippen MR) is 39.9 cm³/mol. The highest BCUT2D eigenvalue weighted by molar-refractivity contribution is 6.29. The Morgan fingerprint density at radius 1 is 1.75 bits per heavy atom. The summed E-state index contributed by atoms with van der Waals surface area (Å²) in [5, 5.41) is 3.44. The zero-order valence-corrected chi connectivity index (χ0v) is 6.65. The SMILES string of the molecule is C#CCn1nc(C(F)F)[c]c1Cl. The molecule has 0 aliphatic rings. The van der Waals surface area contributed by atoms with E-state index in [2.05, 4.69) is 17.1 Å². The standard InChI is InChI=1S/C7H4ClF2N2/c1-2-3-12-6(8)4-5(11-12)7(9)10/h1,7H,3H2. The fraction of sp³-hybridized carbons (Fsp3) is 0.286. The van der Waals surface area contributed by atoms with E-state index in [9.17, 15) is 8.78 Å². The van der Waals surface area contributed by atoms with Crippen LogP contribution in [0.4, 0.5) is 8.78 Å². The maximum absolute atomic E-state index is 12.0. The second kappa shape index (κ2) is 3.55. The molecule has 5 heteroatoms. The molecule has 1 heterocycles. The Bertz CT molecular complexity index is 314. The van der Waals surface area contributed by atoms with E-state index in [0.717, 1.165) is 4.68 Å². The first-order valence-electron chi connectivity index (χ1n) is 3.02. The minimum atomic E-state index is -2.67. The number of halogens is 3. The molecule has 0 fully saturated rings. The van der Waals surface area contributed by atoms with Crippen molar-refractivity contribution in [3.63, 3.8) is 0 Å². The van der Waals surface area contributed by atoms with Crippen LogP contribution in [0.3, 0.4) is 0 Å². The van der Waals surface area contributed by atoms with Gasteiger partial charge >= 0.3 is 0 Å². The van der Waals surface area contributed by atoms with Gasteiger partial charge in [-0.3, -0.25) is 0 Å². The molecule has 0 saturated heterocycles. The molecule has 0 aromatic carbocycles. The molecule has 12 heavy (non-hydrogen) atoms. The first kappa shape index (κ1) is 9.01. The summed E-state index contributed by atoms with van der Waals surface area (Å²) < 4.78 is 25.1. The van der Waals surface area contributed by atoms with Gasteiger partial charge in [0.2, 0.25) is 0 Å². The quantitative estimate of drug-likeness (QED) is 0.650. The molecule has 0 aliphatic carbocycles. The lowest BCUT2D eigenvalue weighted by atomic mass is 10.5. The number of alkyl halides is 2. The third-order valence-electron chi connectivity index (χ3n) is 1.13. The summed E-state index contributed by atoms with van der Waals surface area (Å²) in [4.78, 5) is 0. The van der Waals surface area contributed by atoms with E-state index in [-0.39, 0.29) is 11.7 Å². The molecule has 0 N–H and O–H groups in total. The molecule has 0 unspecified atom stereocenters. The molecule has 0 spiro atoms. The van der Waals surface area contributed by atoms with Crippen molar-refractivity contribution in [3.05, 3.63) is 16.9 Å². The number of hydrogen-bond donors (Lipinski definition) is 0. The van der Waals surface area contributed by atoms with E-state index in [1.54, 1.807) is 0 Å². The minimum absolute atomic E-state index is 0.00301. The Kier molecular flexibility index (Phi) is 2.66. The van der Waals surface area contributed by atoms with Gasteiger partial charge in [0.15, 0.2) is 0 Å². The van der Waals surface area contributed by atoms with Crippen molar-refractivity contribution in [2.75, 3.05) is 0 Å². The van der Waals surface area contributed by atoms with Gasteiger partial charge in [0, 0.05) is 0 Å². The van der Waals surface area contributed by atoms with E-state index in [1.165, 1.54) is 0 Å². The van der Waals surface area contributed by atoms with Crippen LogP contribution in [0.25, 0.3) is 0 Å². The Balaban J connectivity index is 2.94. The molecule has 0 atom stereocenters. The molecule has 1 rings (SSSR count). The van der Waals surface area contributed by atoms with Crippen LogP contribution < -0.4 is 0 Å². The smallest absolute Gasteiger partial charge is 0.241 e. The van der Waals surface area contributed by atoms with Gasteiger partial charge in [-0.25, -0.2) is 13.5 Å². The van der Waals surface area contributed by atoms with E-state index in [1.807, 2.05) is 0 Å². The molecule has 2 nitrogen and oxygen atoms in total. The van der Waals surface area contributed by atoms with E-state index >= 15 is 0 Å². The molecule has 0 aliphatic heterocycles. The topological polar surface area (TPSA) is 17.8 Å². The van der Waals surface area contributed by atoms with Gasteiger partial charge in [-0.15, -0.1) is 6.42 Å². The van der Waals surface area contributed by atoms with Gasteiger partial charge < -0.3 is 0 Å². The Labute approximate surface area is 73.1 Å². The molecule has 1 aromatic heterocycles. The van der Waals surface area contributed by atoms with Crippen LogP contribution in [0.1, 0.15) is 12.1 Å². The van der Waals surface area contributed by atoms with Crippen LogP contribution in [0.2, 0.25) is 5.15 Å². The number of nitrogens with zero attached hydrogens (tertiary/aromatic N) is 2. The van der Waals surface area contributed by atoms with Gasteiger partial charge in [0.05, 0.1) is 6.07 Å². The van der Waals surface area contributed by atoms with Gasteiger partial charge in [-0.2, -0.15) is 5.10 Å². The van der Waals surface area contributed by atoms with Gasteiger partial charge in [-0.1, -0.05) is 17.5 Å². The summed E-state index contributed by atoms with van der Waals surface area (Å²) in [6.07, 6.45) is 2.28. The lowest BCUT2D eigenvalue weighted by Gasteiger charge is -1.93. The Morgan fingerprint density at radius 2 is 2.42 bits per heavy atom. The van der Waals surface area contributed by atoms with Crippen molar-refractivity contribution in [1.82, 2.24) is 9.78 Å². The maximum Gasteiger partial charge on any atom is 0.282 e.